The molecule has 1 aromatic heterocycles. The van der Waals surface area contributed by atoms with Gasteiger partial charge in [0.2, 0.25) is 0 Å². The lowest BCUT2D eigenvalue weighted by Crippen LogP contribution is -2.12. The molecule has 0 saturated heterocycles. The van der Waals surface area contributed by atoms with Gasteiger partial charge < -0.3 is 14.5 Å². The van der Waals surface area contributed by atoms with Crippen molar-refractivity contribution in [3.8, 4) is 5.75 Å². The van der Waals surface area contributed by atoms with E-state index in [9.17, 15) is 4.79 Å². The molecule has 1 aromatic carbocycles. The molecule has 0 bridgehead atoms. The fourth-order valence-corrected chi connectivity index (χ4v) is 2.46. The van der Waals surface area contributed by atoms with E-state index in [2.05, 4.69) is 21.2 Å². The first-order valence-corrected chi connectivity index (χ1v) is 6.74. The van der Waals surface area contributed by atoms with Crippen LogP contribution >= 0.6 is 27.5 Å². The molecule has 0 fully saturated rings. The predicted octanol–water partition coefficient (Wildman–Crippen LogP) is 4.35. The maximum absolute atomic E-state index is 12.0. The zero-order valence-electron chi connectivity index (χ0n) is 10.1. The van der Waals surface area contributed by atoms with Gasteiger partial charge in [0.05, 0.1) is 28.6 Å². The second-order valence-electron chi connectivity index (χ2n) is 3.66. The zero-order valence-corrected chi connectivity index (χ0v) is 12.4. The van der Waals surface area contributed by atoms with Gasteiger partial charge in [-0.05, 0) is 41.1 Å². The first-order valence-electron chi connectivity index (χ1n) is 5.57. The Morgan fingerprint density at radius 2 is 2.32 bits per heavy atom. The van der Waals surface area contributed by atoms with E-state index in [0.29, 0.717) is 33.1 Å². The Morgan fingerprint density at radius 3 is 2.95 bits per heavy atom. The minimum atomic E-state index is -0.288. The SMILES string of the molecule is CCOc1c(Br)cc(Cl)cc1NC(=O)c1ccoc1. The topological polar surface area (TPSA) is 51.5 Å². The molecule has 6 heteroatoms. The van der Waals surface area contributed by atoms with Crippen LogP contribution in [0.1, 0.15) is 17.3 Å². The highest BCUT2D eigenvalue weighted by molar-refractivity contribution is 9.10. The lowest BCUT2D eigenvalue weighted by Gasteiger charge is -2.13. The summed E-state index contributed by atoms with van der Waals surface area (Å²) in [6, 6.07) is 4.92. The molecule has 19 heavy (non-hydrogen) atoms. The van der Waals surface area contributed by atoms with Gasteiger partial charge in [-0.3, -0.25) is 4.79 Å². The number of carbonyl (C=O) groups is 1. The van der Waals surface area contributed by atoms with Gasteiger partial charge in [0.25, 0.3) is 5.91 Å². The third-order valence-corrected chi connectivity index (χ3v) is 3.14. The molecule has 0 saturated carbocycles. The Balaban J connectivity index is 2.30. The first kappa shape index (κ1) is 14.0. The molecular weight excluding hydrogens is 334 g/mol. The second kappa shape index (κ2) is 6.12. The van der Waals surface area contributed by atoms with Crippen LogP contribution in [0.3, 0.4) is 0 Å². The molecule has 2 aromatic rings. The van der Waals surface area contributed by atoms with Crippen LogP contribution in [0.15, 0.2) is 39.6 Å². The molecule has 0 aliphatic rings. The van der Waals surface area contributed by atoms with Crippen molar-refractivity contribution in [2.75, 3.05) is 11.9 Å². The van der Waals surface area contributed by atoms with Gasteiger partial charge in [-0.1, -0.05) is 11.6 Å². The summed E-state index contributed by atoms with van der Waals surface area (Å²) in [5.41, 5.74) is 0.936. The summed E-state index contributed by atoms with van der Waals surface area (Å²) in [6.45, 7) is 2.34. The highest BCUT2D eigenvalue weighted by Gasteiger charge is 2.14. The van der Waals surface area contributed by atoms with Gasteiger partial charge in [-0.2, -0.15) is 0 Å². The molecule has 1 amide bonds. The molecule has 0 aliphatic heterocycles. The van der Waals surface area contributed by atoms with E-state index in [4.69, 9.17) is 20.8 Å². The van der Waals surface area contributed by atoms with Gasteiger partial charge in [-0.25, -0.2) is 0 Å². The van der Waals surface area contributed by atoms with Gasteiger partial charge in [0, 0.05) is 5.02 Å². The van der Waals surface area contributed by atoms with Crippen LogP contribution in [-0.4, -0.2) is 12.5 Å². The summed E-state index contributed by atoms with van der Waals surface area (Å²) >= 11 is 9.33. The van der Waals surface area contributed by atoms with Crippen LogP contribution in [0.4, 0.5) is 5.69 Å². The summed E-state index contributed by atoms with van der Waals surface area (Å²) in [7, 11) is 0. The Morgan fingerprint density at radius 1 is 1.53 bits per heavy atom. The molecule has 2 rings (SSSR count). The number of amides is 1. The van der Waals surface area contributed by atoms with Crippen molar-refractivity contribution in [2.45, 2.75) is 6.92 Å². The van der Waals surface area contributed by atoms with Crippen LogP contribution in [0, 0.1) is 0 Å². The van der Waals surface area contributed by atoms with Crippen molar-refractivity contribution >= 4 is 39.1 Å². The largest absolute Gasteiger partial charge is 0.491 e. The van der Waals surface area contributed by atoms with Crippen LogP contribution in [0.25, 0.3) is 0 Å². The van der Waals surface area contributed by atoms with E-state index in [0.717, 1.165) is 0 Å². The van der Waals surface area contributed by atoms with Crippen molar-refractivity contribution in [3.05, 3.63) is 45.8 Å². The number of anilines is 1. The van der Waals surface area contributed by atoms with E-state index < -0.39 is 0 Å². The number of nitrogens with one attached hydrogen (secondary N) is 1. The highest BCUT2D eigenvalue weighted by Crippen LogP contribution is 2.36. The van der Waals surface area contributed by atoms with E-state index in [1.807, 2.05) is 6.92 Å². The lowest BCUT2D eigenvalue weighted by atomic mass is 10.2. The van der Waals surface area contributed by atoms with Gasteiger partial charge >= 0.3 is 0 Å². The monoisotopic (exact) mass is 343 g/mol. The molecule has 1 heterocycles. The normalized spacial score (nSPS) is 10.3. The third-order valence-electron chi connectivity index (χ3n) is 2.33. The van der Waals surface area contributed by atoms with Gasteiger partial charge in [-0.15, -0.1) is 0 Å². The summed E-state index contributed by atoms with van der Waals surface area (Å²) < 4.78 is 11.1. The van der Waals surface area contributed by atoms with Crippen molar-refractivity contribution in [1.29, 1.82) is 0 Å². The Labute approximate surface area is 123 Å². The van der Waals surface area contributed by atoms with E-state index in [1.54, 1.807) is 18.2 Å². The van der Waals surface area contributed by atoms with E-state index >= 15 is 0 Å². The number of hydrogen-bond acceptors (Lipinski definition) is 3. The number of carbonyl (C=O) groups excluding carboxylic acids is 1. The molecule has 4 nitrogen and oxygen atoms in total. The van der Waals surface area contributed by atoms with Crippen LogP contribution < -0.4 is 10.1 Å². The number of hydrogen-bond donors (Lipinski definition) is 1. The molecular formula is C13H11BrClNO3. The lowest BCUT2D eigenvalue weighted by molar-refractivity contribution is 0.102. The Kier molecular flexibility index (Phi) is 4.50. The minimum Gasteiger partial charge on any atom is -0.491 e. The van der Waals surface area contributed by atoms with Crippen molar-refractivity contribution in [2.24, 2.45) is 0 Å². The molecule has 0 unspecified atom stereocenters. The summed E-state index contributed by atoms with van der Waals surface area (Å²) in [5, 5.41) is 3.24. The molecule has 0 spiro atoms. The van der Waals surface area contributed by atoms with E-state index in [1.165, 1.54) is 12.5 Å². The quantitative estimate of drug-likeness (QED) is 0.897. The molecule has 0 radical (unpaired) electrons. The van der Waals surface area contributed by atoms with Crippen LogP contribution in [0.2, 0.25) is 5.02 Å². The predicted molar refractivity (Wildman–Crippen MR) is 77.0 cm³/mol. The first-order chi connectivity index (χ1) is 9.11. The molecule has 100 valence electrons. The van der Waals surface area contributed by atoms with Crippen LogP contribution in [0.5, 0.6) is 5.75 Å². The summed E-state index contributed by atoms with van der Waals surface area (Å²) in [4.78, 5) is 12.0. The molecule has 1 N–H and O–H groups in total. The zero-order chi connectivity index (χ0) is 13.8. The molecule has 0 atom stereocenters. The molecule has 0 aliphatic carbocycles. The van der Waals surface area contributed by atoms with Gasteiger partial charge in [0.1, 0.15) is 6.26 Å². The smallest absolute Gasteiger partial charge is 0.259 e. The van der Waals surface area contributed by atoms with Crippen LogP contribution in [-0.2, 0) is 0 Å². The Hall–Kier alpha value is -1.46. The summed E-state index contributed by atoms with van der Waals surface area (Å²) in [6.07, 6.45) is 2.81. The van der Waals surface area contributed by atoms with Crippen molar-refractivity contribution < 1.29 is 13.9 Å². The maximum Gasteiger partial charge on any atom is 0.259 e. The number of ether oxygens (including phenoxy) is 1. The standard InChI is InChI=1S/C13H11BrClNO3/c1-2-19-12-10(14)5-9(15)6-11(12)16-13(17)8-3-4-18-7-8/h3-7H,2H2,1H3,(H,16,17). The Bertz CT molecular complexity index is 584. The fourth-order valence-electron chi connectivity index (χ4n) is 1.53. The minimum absolute atomic E-state index is 0.288. The third kappa shape index (κ3) is 3.30. The van der Waals surface area contributed by atoms with E-state index in [-0.39, 0.29) is 5.91 Å². The number of furan rings is 1. The fraction of sp³-hybridized carbons (Fsp3) is 0.154. The summed E-state index contributed by atoms with van der Waals surface area (Å²) in [5.74, 6) is 0.257. The van der Waals surface area contributed by atoms with Gasteiger partial charge in [0.15, 0.2) is 5.75 Å². The number of benzene rings is 1. The average Bonchev–Trinajstić information content (AvgIpc) is 2.87. The highest BCUT2D eigenvalue weighted by atomic mass is 79.9. The number of halogens is 2. The van der Waals surface area contributed by atoms with Crippen molar-refractivity contribution in [1.82, 2.24) is 0 Å². The average molecular weight is 345 g/mol. The second-order valence-corrected chi connectivity index (χ2v) is 4.95. The number of rotatable bonds is 4. The maximum atomic E-state index is 12.0. The van der Waals surface area contributed by atoms with Crippen molar-refractivity contribution in [3.63, 3.8) is 0 Å².